The van der Waals surface area contributed by atoms with Crippen LogP contribution in [0, 0.1) is 0 Å². The van der Waals surface area contributed by atoms with Crippen molar-refractivity contribution in [2.24, 2.45) is 0 Å². The molecule has 2 rings (SSSR count). The zero-order valence-electron chi connectivity index (χ0n) is 12.7. The van der Waals surface area contributed by atoms with E-state index in [9.17, 15) is 5.11 Å². The number of nitrogens with zero attached hydrogens (tertiary/aromatic N) is 3. The molecular weight excluding hydrogens is 254 g/mol. The SMILES string of the molecule is CCOc1cccnc1N1CCN(CC(C)(C)O)CC1. The average Bonchev–Trinajstić information content (AvgIpc) is 2.39. The predicted molar refractivity (Wildman–Crippen MR) is 80.4 cm³/mol. The van der Waals surface area contributed by atoms with Crippen LogP contribution in [0.4, 0.5) is 5.82 Å². The molecule has 1 fully saturated rings. The maximum absolute atomic E-state index is 9.88. The molecule has 0 radical (unpaired) electrons. The van der Waals surface area contributed by atoms with Gasteiger partial charge < -0.3 is 14.7 Å². The molecule has 1 saturated heterocycles. The van der Waals surface area contributed by atoms with Gasteiger partial charge in [-0.3, -0.25) is 4.90 Å². The number of rotatable bonds is 5. The Labute approximate surface area is 121 Å². The molecule has 1 aromatic heterocycles. The van der Waals surface area contributed by atoms with Crippen molar-refractivity contribution >= 4 is 5.82 Å². The number of anilines is 1. The van der Waals surface area contributed by atoms with Gasteiger partial charge in [-0.05, 0) is 32.9 Å². The molecule has 0 spiro atoms. The molecule has 0 unspecified atom stereocenters. The zero-order valence-corrected chi connectivity index (χ0v) is 12.7. The van der Waals surface area contributed by atoms with Crippen molar-refractivity contribution in [3.05, 3.63) is 18.3 Å². The second-order valence-corrected chi connectivity index (χ2v) is 5.83. The van der Waals surface area contributed by atoms with E-state index in [1.165, 1.54) is 0 Å². The third-order valence-electron chi connectivity index (χ3n) is 3.33. The molecule has 0 amide bonds. The van der Waals surface area contributed by atoms with Gasteiger partial charge in [-0.15, -0.1) is 0 Å². The first-order valence-electron chi connectivity index (χ1n) is 7.27. The van der Waals surface area contributed by atoms with Crippen LogP contribution in [0.5, 0.6) is 5.75 Å². The third kappa shape index (κ3) is 4.08. The molecule has 0 aromatic carbocycles. The van der Waals surface area contributed by atoms with Crippen molar-refractivity contribution in [1.29, 1.82) is 0 Å². The van der Waals surface area contributed by atoms with Crippen molar-refractivity contribution in [3.63, 3.8) is 0 Å². The fourth-order valence-electron chi connectivity index (χ4n) is 2.55. The van der Waals surface area contributed by atoms with E-state index in [2.05, 4.69) is 14.8 Å². The quantitative estimate of drug-likeness (QED) is 0.882. The van der Waals surface area contributed by atoms with Gasteiger partial charge in [-0.2, -0.15) is 0 Å². The van der Waals surface area contributed by atoms with Crippen molar-refractivity contribution in [2.75, 3.05) is 44.2 Å². The van der Waals surface area contributed by atoms with Crippen LogP contribution in [0.2, 0.25) is 0 Å². The first-order chi connectivity index (χ1) is 9.49. The maximum Gasteiger partial charge on any atom is 0.171 e. The molecule has 1 aliphatic rings. The lowest BCUT2D eigenvalue weighted by atomic mass is 10.1. The Hall–Kier alpha value is -1.33. The van der Waals surface area contributed by atoms with Gasteiger partial charge in [-0.1, -0.05) is 0 Å². The third-order valence-corrected chi connectivity index (χ3v) is 3.33. The summed E-state index contributed by atoms with van der Waals surface area (Å²) in [5, 5.41) is 9.88. The van der Waals surface area contributed by atoms with E-state index in [0.717, 1.165) is 37.7 Å². The van der Waals surface area contributed by atoms with Gasteiger partial charge in [0, 0.05) is 38.9 Å². The first kappa shape index (κ1) is 15.1. The fourth-order valence-corrected chi connectivity index (χ4v) is 2.55. The molecule has 0 atom stereocenters. The summed E-state index contributed by atoms with van der Waals surface area (Å²) in [6, 6.07) is 3.87. The summed E-state index contributed by atoms with van der Waals surface area (Å²) in [6.07, 6.45) is 1.81. The van der Waals surface area contributed by atoms with Gasteiger partial charge in [0.15, 0.2) is 11.6 Å². The highest BCUT2D eigenvalue weighted by atomic mass is 16.5. The maximum atomic E-state index is 9.88. The summed E-state index contributed by atoms with van der Waals surface area (Å²) < 4.78 is 5.64. The number of aromatic nitrogens is 1. The molecule has 112 valence electrons. The van der Waals surface area contributed by atoms with Crippen molar-refractivity contribution in [3.8, 4) is 5.75 Å². The molecule has 1 N–H and O–H groups in total. The van der Waals surface area contributed by atoms with Crippen molar-refractivity contribution in [1.82, 2.24) is 9.88 Å². The van der Waals surface area contributed by atoms with Crippen LogP contribution in [0.15, 0.2) is 18.3 Å². The number of piperazine rings is 1. The Kier molecular flexibility index (Phi) is 4.83. The monoisotopic (exact) mass is 279 g/mol. The summed E-state index contributed by atoms with van der Waals surface area (Å²) in [5.41, 5.74) is -0.635. The number of β-amino-alcohol motifs (C(OH)–C–C–N with tert-alkyl or cyclic N) is 1. The Bertz CT molecular complexity index is 423. The van der Waals surface area contributed by atoms with Gasteiger partial charge >= 0.3 is 0 Å². The van der Waals surface area contributed by atoms with E-state index in [4.69, 9.17) is 4.74 Å². The van der Waals surface area contributed by atoms with Gasteiger partial charge in [-0.25, -0.2) is 4.98 Å². The minimum Gasteiger partial charge on any atom is -0.490 e. The van der Waals surface area contributed by atoms with E-state index in [1.54, 1.807) is 6.20 Å². The number of hydrogen-bond donors (Lipinski definition) is 1. The molecule has 5 nitrogen and oxygen atoms in total. The highest BCUT2D eigenvalue weighted by molar-refractivity contribution is 5.52. The topological polar surface area (TPSA) is 48.8 Å². The first-order valence-corrected chi connectivity index (χ1v) is 7.27. The Morgan fingerprint density at radius 3 is 2.60 bits per heavy atom. The second-order valence-electron chi connectivity index (χ2n) is 5.83. The van der Waals surface area contributed by atoms with E-state index in [-0.39, 0.29) is 0 Å². The molecule has 2 heterocycles. The molecule has 5 heteroatoms. The molecule has 0 bridgehead atoms. The van der Waals surface area contributed by atoms with Crippen LogP contribution in [0.3, 0.4) is 0 Å². The highest BCUT2D eigenvalue weighted by Crippen LogP contribution is 2.26. The summed E-state index contributed by atoms with van der Waals surface area (Å²) >= 11 is 0. The number of aliphatic hydroxyl groups is 1. The molecular formula is C15H25N3O2. The average molecular weight is 279 g/mol. The van der Waals surface area contributed by atoms with Crippen LogP contribution < -0.4 is 9.64 Å². The minimum absolute atomic E-state index is 0.635. The van der Waals surface area contributed by atoms with E-state index < -0.39 is 5.60 Å². The molecule has 0 aliphatic carbocycles. The molecule has 1 aliphatic heterocycles. The summed E-state index contributed by atoms with van der Waals surface area (Å²) in [6.45, 7) is 10.7. The lowest BCUT2D eigenvalue weighted by Crippen LogP contribution is -2.50. The van der Waals surface area contributed by atoms with Crippen molar-refractivity contribution in [2.45, 2.75) is 26.4 Å². The molecule has 20 heavy (non-hydrogen) atoms. The second kappa shape index (κ2) is 6.41. The molecule has 1 aromatic rings. The largest absolute Gasteiger partial charge is 0.490 e. The van der Waals surface area contributed by atoms with Crippen LogP contribution >= 0.6 is 0 Å². The van der Waals surface area contributed by atoms with Crippen LogP contribution in [-0.4, -0.2) is 59.9 Å². The zero-order chi connectivity index (χ0) is 14.6. The normalized spacial score (nSPS) is 17.3. The van der Waals surface area contributed by atoms with Crippen LogP contribution in [0.1, 0.15) is 20.8 Å². The summed E-state index contributed by atoms with van der Waals surface area (Å²) in [4.78, 5) is 9.00. The van der Waals surface area contributed by atoms with Crippen molar-refractivity contribution < 1.29 is 9.84 Å². The van der Waals surface area contributed by atoms with Crippen LogP contribution in [0.25, 0.3) is 0 Å². The number of pyridine rings is 1. The summed E-state index contributed by atoms with van der Waals surface area (Å²) in [5.74, 6) is 1.78. The molecule has 0 saturated carbocycles. The van der Waals surface area contributed by atoms with E-state index in [0.29, 0.717) is 13.2 Å². The van der Waals surface area contributed by atoms with Gasteiger partial charge in [0.05, 0.1) is 12.2 Å². The van der Waals surface area contributed by atoms with Gasteiger partial charge in [0.1, 0.15) is 0 Å². The smallest absolute Gasteiger partial charge is 0.171 e. The minimum atomic E-state index is -0.635. The fraction of sp³-hybridized carbons (Fsp3) is 0.667. The van der Waals surface area contributed by atoms with Gasteiger partial charge in [0.2, 0.25) is 0 Å². The Morgan fingerprint density at radius 2 is 2.00 bits per heavy atom. The Balaban J connectivity index is 1.97. The standard InChI is InChI=1S/C15H25N3O2/c1-4-20-13-6-5-7-16-14(13)18-10-8-17(9-11-18)12-15(2,3)19/h5-7,19H,4,8-12H2,1-3H3. The number of hydrogen-bond acceptors (Lipinski definition) is 5. The van der Waals surface area contributed by atoms with Crippen LogP contribution in [-0.2, 0) is 0 Å². The summed E-state index contributed by atoms with van der Waals surface area (Å²) in [7, 11) is 0. The number of ether oxygens (including phenoxy) is 1. The van der Waals surface area contributed by atoms with E-state index in [1.807, 2.05) is 32.9 Å². The lowest BCUT2D eigenvalue weighted by Gasteiger charge is -2.38. The lowest BCUT2D eigenvalue weighted by molar-refractivity contribution is 0.0344. The van der Waals surface area contributed by atoms with E-state index >= 15 is 0 Å². The van der Waals surface area contributed by atoms with Gasteiger partial charge in [0.25, 0.3) is 0 Å². The Morgan fingerprint density at radius 1 is 1.30 bits per heavy atom. The highest BCUT2D eigenvalue weighted by Gasteiger charge is 2.24. The predicted octanol–water partition coefficient (Wildman–Crippen LogP) is 1.37.